The second kappa shape index (κ2) is 5.98. The molecule has 28 heavy (non-hydrogen) atoms. The molecular weight excluding hydrogens is 344 g/mol. The minimum atomic E-state index is -0.00200. The Kier molecular flexibility index (Phi) is 3.61. The predicted molar refractivity (Wildman–Crippen MR) is 113 cm³/mol. The van der Waals surface area contributed by atoms with Crippen LogP contribution in [0.3, 0.4) is 0 Å². The number of rotatable bonds is 2. The standard InChI is InChI=1S/C25H30N2O/c1-16-3-2-4-21-22(15-26-23(16)21)20-5-7-27(8-6-20)24(28)25-12-17-9-18(13-25)11-19(10-17)14-25/h2-5,15,17-19,26H,6-14H2,1H3. The number of nitrogens with one attached hydrogen (secondary N) is 1. The van der Waals surface area contributed by atoms with Crippen LogP contribution in [0.4, 0.5) is 0 Å². The molecule has 4 bridgehead atoms. The number of hydrogen-bond donors (Lipinski definition) is 1. The van der Waals surface area contributed by atoms with E-state index in [0.717, 1.165) is 37.3 Å². The molecular formula is C25H30N2O. The molecule has 0 atom stereocenters. The summed E-state index contributed by atoms with van der Waals surface area (Å²) in [7, 11) is 0. The number of hydrogen-bond acceptors (Lipinski definition) is 1. The number of amides is 1. The van der Waals surface area contributed by atoms with Gasteiger partial charge in [-0.15, -0.1) is 0 Å². The summed E-state index contributed by atoms with van der Waals surface area (Å²) in [5, 5.41) is 1.31. The Morgan fingerprint density at radius 2 is 1.82 bits per heavy atom. The van der Waals surface area contributed by atoms with Crippen LogP contribution in [0.25, 0.3) is 16.5 Å². The van der Waals surface area contributed by atoms with Gasteiger partial charge >= 0.3 is 0 Å². The van der Waals surface area contributed by atoms with Crippen LogP contribution >= 0.6 is 0 Å². The maximum Gasteiger partial charge on any atom is 0.229 e. The quantitative estimate of drug-likeness (QED) is 0.760. The van der Waals surface area contributed by atoms with Crippen molar-refractivity contribution < 1.29 is 4.79 Å². The molecule has 4 saturated carbocycles. The van der Waals surface area contributed by atoms with Gasteiger partial charge in [0.1, 0.15) is 0 Å². The zero-order chi connectivity index (χ0) is 18.9. The fourth-order valence-electron chi connectivity index (χ4n) is 7.38. The average Bonchev–Trinajstić information content (AvgIpc) is 3.12. The summed E-state index contributed by atoms with van der Waals surface area (Å²) in [6.07, 6.45) is 13.2. The molecule has 0 spiro atoms. The first-order valence-corrected chi connectivity index (χ1v) is 11.2. The highest BCUT2D eigenvalue weighted by Crippen LogP contribution is 2.60. The molecule has 7 rings (SSSR count). The van der Waals surface area contributed by atoms with Gasteiger partial charge in [-0.3, -0.25) is 4.79 Å². The molecule has 4 aliphatic carbocycles. The van der Waals surface area contributed by atoms with Crippen LogP contribution in [0.5, 0.6) is 0 Å². The number of H-pyrrole nitrogens is 1. The number of carbonyl (C=O) groups is 1. The molecule has 1 aromatic carbocycles. The molecule has 1 N–H and O–H groups in total. The summed E-state index contributed by atoms with van der Waals surface area (Å²) >= 11 is 0. The van der Waals surface area contributed by atoms with Crippen molar-refractivity contribution in [1.82, 2.24) is 9.88 Å². The van der Waals surface area contributed by atoms with Gasteiger partial charge in [0.25, 0.3) is 0 Å². The number of nitrogens with zero attached hydrogens (tertiary/aromatic N) is 1. The molecule has 2 heterocycles. The Morgan fingerprint density at radius 1 is 1.11 bits per heavy atom. The van der Waals surface area contributed by atoms with Crippen LogP contribution in [0, 0.1) is 30.1 Å². The van der Waals surface area contributed by atoms with Gasteiger partial charge in [0.15, 0.2) is 0 Å². The van der Waals surface area contributed by atoms with Crippen LogP contribution in [0.2, 0.25) is 0 Å². The third-order valence-corrected chi connectivity index (χ3v) is 8.26. The third kappa shape index (κ3) is 2.44. The molecule has 2 aromatic rings. The fraction of sp³-hybridized carbons (Fsp3) is 0.560. The van der Waals surface area contributed by atoms with Crippen molar-refractivity contribution in [3.05, 3.63) is 41.6 Å². The van der Waals surface area contributed by atoms with E-state index in [1.807, 2.05) is 0 Å². The Balaban J connectivity index is 1.24. The summed E-state index contributed by atoms with van der Waals surface area (Å²) in [6.45, 7) is 3.82. The minimum absolute atomic E-state index is 0.00200. The summed E-state index contributed by atoms with van der Waals surface area (Å²) < 4.78 is 0. The van der Waals surface area contributed by atoms with Crippen molar-refractivity contribution in [3.63, 3.8) is 0 Å². The van der Waals surface area contributed by atoms with Crippen molar-refractivity contribution in [3.8, 4) is 0 Å². The van der Waals surface area contributed by atoms with E-state index < -0.39 is 0 Å². The minimum Gasteiger partial charge on any atom is -0.360 e. The van der Waals surface area contributed by atoms with Gasteiger partial charge in [-0.2, -0.15) is 0 Å². The monoisotopic (exact) mass is 374 g/mol. The van der Waals surface area contributed by atoms with Crippen molar-refractivity contribution in [2.45, 2.75) is 51.9 Å². The van der Waals surface area contributed by atoms with Crippen molar-refractivity contribution in [2.24, 2.45) is 23.2 Å². The first-order chi connectivity index (χ1) is 13.6. The lowest BCUT2D eigenvalue weighted by molar-refractivity contribution is -0.157. The largest absolute Gasteiger partial charge is 0.360 e. The first kappa shape index (κ1) is 16.9. The van der Waals surface area contributed by atoms with E-state index in [2.05, 4.69) is 47.3 Å². The van der Waals surface area contributed by atoms with Gasteiger partial charge in [-0.1, -0.05) is 24.3 Å². The van der Waals surface area contributed by atoms with Crippen molar-refractivity contribution >= 4 is 22.4 Å². The predicted octanol–water partition coefficient (Wildman–Crippen LogP) is 5.31. The third-order valence-electron chi connectivity index (χ3n) is 8.26. The van der Waals surface area contributed by atoms with Gasteiger partial charge in [0, 0.05) is 35.8 Å². The normalized spacial score (nSPS) is 34.1. The average molecular weight is 375 g/mol. The maximum atomic E-state index is 13.6. The summed E-state index contributed by atoms with van der Waals surface area (Å²) in [6, 6.07) is 6.51. The summed E-state index contributed by atoms with van der Waals surface area (Å²) in [4.78, 5) is 19.2. The van der Waals surface area contributed by atoms with E-state index >= 15 is 0 Å². The molecule has 4 fully saturated rings. The van der Waals surface area contributed by atoms with E-state index in [9.17, 15) is 4.79 Å². The molecule has 1 aromatic heterocycles. The van der Waals surface area contributed by atoms with Crippen molar-refractivity contribution in [2.75, 3.05) is 13.1 Å². The Hall–Kier alpha value is -2.03. The van der Waals surface area contributed by atoms with E-state index in [4.69, 9.17) is 0 Å². The Morgan fingerprint density at radius 3 is 2.46 bits per heavy atom. The molecule has 3 heteroatoms. The topological polar surface area (TPSA) is 36.1 Å². The van der Waals surface area contributed by atoms with Gasteiger partial charge in [-0.05, 0) is 80.8 Å². The van der Waals surface area contributed by atoms with Gasteiger partial charge < -0.3 is 9.88 Å². The smallest absolute Gasteiger partial charge is 0.229 e. The zero-order valence-electron chi connectivity index (χ0n) is 16.8. The SMILES string of the molecule is Cc1cccc2c(C3=CCN(C(=O)C45CC6CC(CC(C6)C4)C5)CC3)c[nH]c12. The number of benzene rings is 1. The van der Waals surface area contributed by atoms with Crippen LogP contribution in [-0.4, -0.2) is 28.9 Å². The lowest BCUT2D eigenvalue weighted by Crippen LogP contribution is -2.55. The molecule has 1 amide bonds. The number of aryl methyl sites for hydroxylation is 1. The first-order valence-electron chi connectivity index (χ1n) is 11.2. The van der Waals surface area contributed by atoms with Crippen LogP contribution in [0.15, 0.2) is 30.5 Å². The summed E-state index contributed by atoms with van der Waals surface area (Å²) in [5.41, 5.74) is 5.24. The lowest BCUT2D eigenvalue weighted by Gasteiger charge is -2.56. The van der Waals surface area contributed by atoms with Gasteiger partial charge in [-0.25, -0.2) is 0 Å². The number of aromatic amines is 1. The molecule has 146 valence electrons. The Labute approximate surface area is 167 Å². The molecule has 0 saturated heterocycles. The van der Waals surface area contributed by atoms with E-state index in [0.29, 0.717) is 5.91 Å². The van der Waals surface area contributed by atoms with E-state index in [1.54, 1.807) is 0 Å². The number of aromatic nitrogens is 1. The van der Waals surface area contributed by atoms with Crippen LogP contribution in [-0.2, 0) is 4.79 Å². The van der Waals surface area contributed by atoms with Gasteiger partial charge in [0.2, 0.25) is 5.91 Å². The van der Waals surface area contributed by atoms with Crippen LogP contribution in [0.1, 0.15) is 56.1 Å². The Bertz CT molecular complexity index is 946. The molecule has 0 radical (unpaired) electrons. The number of para-hydroxylation sites is 1. The second-order valence-electron chi connectivity index (χ2n) is 10.1. The molecule has 0 unspecified atom stereocenters. The highest BCUT2D eigenvalue weighted by Gasteiger charge is 2.55. The highest BCUT2D eigenvalue weighted by molar-refractivity contribution is 5.94. The molecule has 1 aliphatic heterocycles. The van der Waals surface area contributed by atoms with E-state index in [-0.39, 0.29) is 5.41 Å². The fourth-order valence-corrected chi connectivity index (χ4v) is 7.38. The maximum absolute atomic E-state index is 13.6. The number of fused-ring (bicyclic) bond motifs is 1. The lowest BCUT2D eigenvalue weighted by atomic mass is 9.49. The highest BCUT2D eigenvalue weighted by atomic mass is 16.2. The van der Waals surface area contributed by atoms with Gasteiger partial charge in [0.05, 0.1) is 5.41 Å². The zero-order valence-corrected chi connectivity index (χ0v) is 16.8. The molecule has 3 nitrogen and oxygen atoms in total. The van der Waals surface area contributed by atoms with Crippen molar-refractivity contribution in [1.29, 1.82) is 0 Å². The van der Waals surface area contributed by atoms with Crippen LogP contribution < -0.4 is 0 Å². The second-order valence-corrected chi connectivity index (χ2v) is 10.1. The van der Waals surface area contributed by atoms with E-state index in [1.165, 1.54) is 66.1 Å². The summed E-state index contributed by atoms with van der Waals surface area (Å²) in [5.74, 6) is 2.98. The number of carbonyl (C=O) groups excluding carboxylic acids is 1. The molecule has 5 aliphatic rings.